The van der Waals surface area contributed by atoms with Crippen LogP contribution in [0.4, 0.5) is 4.39 Å². The monoisotopic (exact) mass is 286 g/mol. The van der Waals surface area contributed by atoms with E-state index in [1.165, 1.54) is 6.07 Å². The largest absolute Gasteiger partial charge is 0.379 e. The molecule has 1 aromatic carbocycles. The summed E-state index contributed by atoms with van der Waals surface area (Å²) in [6.45, 7) is 5.99. The molecule has 1 saturated heterocycles. The molecule has 0 unspecified atom stereocenters. The molecule has 0 radical (unpaired) electrons. The highest BCUT2D eigenvalue weighted by molar-refractivity contribution is 6.31. The first-order chi connectivity index (χ1) is 9.16. The van der Waals surface area contributed by atoms with Gasteiger partial charge in [-0.15, -0.1) is 0 Å². The highest BCUT2D eigenvalue weighted by Crippen LogP contribution is 2.20. The van der Waals surface area contributed by atoms with Crippen molar-refractivity contribution < 1.29 is 9.13 Å². The van der Waals surface area contributed by atoms with Crippen LogP contribution in [0.1, 0.15) is 5.56 Å². The summed E-state index contributed by atoms with van der Waals surface area (Å²) >= 11 is 6.03. The summed E-state index contributed by atoms with van der Waals surface area (Å²) in [5.41, 5.74) is 0.577. The van der Waals surface area contributed by atoms with Crippen LogP contribution in [0.3, 0.4) is 0 Å². The van der Waals surface area contributed by atoms with Gasteiger partial charge in [0.15, 0.2) is 0 Å². The predicted molar refractivity (Wildman–Crippen MR) is 75.0 cm³/mol. The van der Waals surface area contributed by atoms with E-state index in [-0.39, 0.29) is 5.82 Å². The van der Waals surface area contributed by atoms with Crippen molar-refractivity contribution in [3.05, 3.63) is 34.6 Å². The van der Waals surface area contributed by atoms with Crippen molar-refractivity contribution in [2.45, 2.75) is 6.54 Å². The second-order valence-corrected chi connectivity index (χ2v) is 5.30. The molecule has 0 aromatic heterocycles. The van der Waals surface area contributed by atoms with Crippen molar-refractivity contribution in [1.29, 1.82) is 0 Å². The molecule has 0 bridgehead atoms. The summed E-state index contributed by atoms with van der Waals surface area (Å²) in [5, 5.41) is 0.498. The van der Waals surface area contributed by atoms with E-state index in [4.69, 9.17) is 16.3 Å². The molecule has 1 fully saturated rings. The SMILES string of the molecule is CN(CCN1CCOCC1)Cc1c(F)cccc1Cl. The molecule has 1 aromatic rings. The van der Waals surface area contributed by atoms with E-state index in [1.807, 2.05) is 7.05 Å². The number of hydrogen-bond donors (Lipinski definition) is 0. The van der Waals surface area contributed by atoms with E-state index in [0.29, 0.717) is 17.1 Å². The summed E-state index contributed by atoms with van der Waals surface area (Å²) in [7, 11) is 1.99. The third-order valence-electron chi connectivity index (χ3n) is 3.39. The average molecular weight is 287 g/mol. The Labute approximate surface area is 118 Å². The number of benzene rings is 1. The van der Waals surface area contributed by atoms with E-state index < -0.39 is 0 Å². The lowest BCUT2D eigenvalue weighted by atomic mass is 10.2. The molecular formula is C14H20ClFN2O. The molecule has 19 heavy (non-hydrogen) atoms. The average Bonchev–Trinajstić information content (AvgIpc) is 2.42. The highest BCUT2D eigenvalue weighted by atomic mass is 35.5. The molecule has 3 nitrogen and oxygen atoms in total. The normalized spacial score (nSPS) is 17.1. The first-order valence-corrected chi connectivity index (χ1v) is 6.96. The Kier molecular flexibility index (Phi) is 5.58. The maximum Gasteiger partial charge on any atom is 0.129 e. The minimum absolute atomic E-state index is 0.231. The van der Waals surface area contributed by atoms with Gasteiger partial charge in [0.1, 0.15) is 5.82 Å². The van der Waals surface area contributed by atoms with Gasteiger partial charge < -0.3 is 9.64 Å². The maximum atomic E-state index is 13.7. The van der Waals surface area contributed by atoms with E-state index in [1.54, 1.807) is 12.1 Å². The van der Waals surface area contributed by atoms with Crippen LogP contribution in [0.5, 0.6) is 0 Å². The van der Waals surface area contributed by atoms with Crippen molar-refractivity contribution >= 4 is 11.6 Å². The first kappa shape index (κ1) is 14.7. The number of nitrogens with zero attached hydrogens (tertiary/aromatic N) is 2. The Bertz CT molecular complexity index is 390. The third kappa shape index (κ3) is 4.42. The van der Waals surface area contributed by atoms with Gasteiger partial charge >= 0.3 is 0 Å². The molecular weight excluding hydrogens is 267 g/mol. The van der Waals surface area contributed by atoms with Crippen molar-refractivity contribution in [2.75, 3.05) is 46.4 Å². The standard InChI is InChI=1S/C14H20ClFN2O/c1-17(5-6-18-7-9-19-10-8-18)11-12-13(15)3-2-4-14(12)16/h2-4H,5-11H2,1H3. The van der Waals surface area contributed by atoms with Gasteiger partial charge in [-0.05, 0) is 19.2 Å². The van der Waals surface area contributed by atoms with Gasteiger partial charge in [0.25, 0.3) is 0 Å². The summed E-state index contributed by atoms with van der Waals surface area (Å²) < 4.78 is 19.0. The van der Waals surface area contributed by atoms with Gasteiger partial charge in [-0.25, -0.2) is 4.39 Å². The zero-order valence-corrected chi connectivity index (χ0v) is 12.0. The fourth-order valence-corrected chi connectivity index (χ4v) is 2.39. The summed E-state index contributed by atoms with van der Waals surface area (Å²) in [6.07, 6.45) is 0. The van der Waals surface area contributed by atoms with E-state index in [2.05, 4.69) is 9.80 Å². The molecule has 106 valence electrons. The van der Waals surface area contributed by atoms with Gasteiger partial charge in [0, 0.05) is 43.3 Å². The van der Waals surface area contributed by atoms with Gasteiger partial charge in [-0.2, -0.15) is 0 Å². The van der Waals surface area contributed by atoms with Crippen molar-refractivity contribution in [2.24, 2.45) is 0 Å². The zero-order valence-electron chi connectivity index (χ0n) is 11.2. The van der Waals surface area contributed by atoms with Crippen LogP contribution < -0.4 is 0 Å². The molecule has 0 atom stereocenters. The lowest BCUT2D eigenvalue weighted by Crippen LogP contribution is -2.40. The molecule has 0 aliphatic carbocycles. The summed E-state index contributed by atoms with van der Waals surface area (Å²) in [5.74, 6) is -0.231. The summed E-state index contributed by atoms with van der Waals surface area (Å²) in [6, 6.07) is 4.82. The second kappa shape index (κ2) is 7.20. The van der Waals surface area contributed by atoms with Crippen LogP contribution in [-0.2, 0) is 11.3 Å². The molecule has 1 aliphatic heterocycles. The molecule has 2 rings (SSSR count). The zero-order chi connectivity index (χ0) is 13.7. The van der Waals surface area contributed by atoms with Gasteiger partial charge in [-0.1, -0.05) is 17.7 Å². The van der Waals surface area contributed by atoms with Crippen molar-refractivity contribution in [1.82, 2.24) is 9.80 Å². The Morgan fingerprint density at radius 1 is 1.37 bits per heavy atom. The second-order valence-electron chi connectivity index (χ2n) is 4.89. The van der Waals surface area contributed by atoms with E-state index >= 15 is 0 Å². The number of halogens is 2. The molecule has 0 N–H and O–H groups in total. The Morgan fingerprint density at radius 2 is 2.11 bits per heavy atom. The number of hydrogen-bond acceptors (Lipinski definition) is 3. The third-order valence-corrected chi connectivity index (χ3v) is 3.75. The number of ether oxygens (including phenoxy) is 1. The predicted octanol–water partition coefficient (Wildman–Crippen LogP) is 2.24. The number of morpholine rings is 1. The minimum Gasteiger partial charge on any atom is -0.379 e. The van der Waals surface area contributed by atoms with Crippen LogP contribution in [-0.4, -0.2) is 56.2 Å². The van der Waals surface area contributed by atoms with Crippen LogP contribution in [0.25, 0.3) is 0 Å². The highest BCUT2D eigenvalue weighted by Gasteiger charge is 2.13. The quantitative estimate of drug-likeness (QED) is 0.826. The Balaban J connectivity index is 1.82. The molecule has 1 aliphatic rings. The Hall–Kier alpha value is -0.680. The van der Waals surface area contributed by atoms with Gasteiger partial charge in [0.05, 0.1) is 13.2 Å². The topological polar surface area (TPSA) is 15.7 Å². The smallest absolute Gasteiger partial charge is 0.129 e. The summed E-state index contributed by atoms with van der Waals surface area (Å²) in [4.78, 5) is 4.46. The lowest BCUT2D eigenvalue weighted by molar-refractivity contribution is 0.0342. The van der Waals surface area contributed by atoms with Crippen LogP contribution in [0.2, 0.25) is 5.02 Å². The molecule has 0 saturated carbocycles. The fraction of sp³-hybridized carbons (Fsp3) is 0.571. The molecule has 0 spiro atoms. The van der Waals surface area contributed by atoms with E-state index in [0.717, 1.165) is 39.4 Å². The number of likely N-dealkylation sites (N-methyl/N-ethyl adjacent to an activating group) is 1. The van der Waals surface area contributed by atoms with Crippen LogP contribution in [0, 0.1) is 5.82 Å². The van der Waals surface area contributed by atoms with Gasteiger partial charge in [-0.3, -0.25) is 4.90 Å². The fourth-order valence-electron chi connectivity index (χ4n) is 2.17. The minimum atomic E-state index is -0.231. The molecule has 1 heterocycles. The molecule has 5 heteroatoms. The maximum absolute atomic E-state index is 13.7. The van der Waals surface area contributed by atoms with Crippen LogP contribution in [0.15, 0.2) is 18.2 Å². The van der Waals surface area contributed by atoms with Crippen molar-refractivity contribution in [3.8, 4) is 0 Å². The lowest BCUT2D eigenvalue weighted by Gasteiger charge is -2.28. The van der Waals surface area contributed by atoms with Crippen molar-refractivity contribution in [3.63, 3.8) is 0 Å². The number of rotatable bonds is 5. The first-order valence-electron chi connectivity index (χ1n) is 6.58. The molecule has 0 amide bonds. The Morgan fingerprint density at radius 3 is 2.79 bits per heavy atom. The van der Waals surface area contributed by atoms with Crippen LogP contribution >= 0.6 is 11.6 Å². The van der Waals surface area contributed by atoms with Gasteiger partial charge in [0.2, 0.25) is 0 Å². The van der Waals surface area contributed by atoms with E-state index in [9.17, 15) is 4.39 Å².